The van der Waals surface area contributed by atoms with Crippen LogP contribution in [0.1, 0.15) is 16.0 Å². The molecule has 0 saturated heterocycles. The van der Waals surface area contributed by atoms with Gasteiger partial charge in [0.15, 0.2) is 0 Å². The van der Waals surface area contributed by atoms with E-state index in [9.17, 15) is 0 Å². The zero-order valence-electron chi connectivity index (χ0n) is 8.27. The van der Waals surface area contributed by atoms with E-state index in [-0.39, 0.29) is 0 Å². The van der Waals surface area contributed by atoms with Gasteiger partial charge >= 0.3 is 105 Å². The van der Waals surface area contributed by atoms with E-state index in [4.69, 9.17) is 12.2 Å². The molecule has 0 aliphatic heterocycles. The number of rotatable bonds is 2. The first-order valence-corrected chi connectivity index (χ1v) is 7.64. The molecular formula is C12H10S2Se. The SMILES string of the molecule is Cc1ccc(/C=C/c2c[se]c(=S)s2)cc1. The van der Waals surface area contributed by atoms with Gasteiger partial charge in [-0.15, -0.1) is 0 Å². The quantitative estimate of drug-likeness (QED) is 0.596. The second-order valence-corrected chi connectivity index (χ2v) is 8.00. The molecule has 2 aromatic rings. The van der Waals surface area contributed by atoms with Crippen LogP contribution in [-0.4, -0.2) is 14.5 Å². The maximum absolute atomic E-state index is 5.15. The molecule has 1 aromatic heterocycles. The molecule has 15 heavy (non-hydrogen) atoms. The maximum atomic E-state index is 5.15. The Morgan fingerprint density at radius 3 is 2.53 bits per heavy atom. The summed E-state index contributed by atoms with van der Waals surface area (Å²) in [6.45, 7) is 2.10. The van der Waals surface area contributed by atoms with Gasteiger partial charge in [-0.05, 0) is 0 Å². The Morgan fingerprint density at radius 2 is 1.93 bits per heavy atom. The third kappa shape index (κ3) is 3.25. The first-order chi connectivity index (χ1) is 7.24. The van der Waals surface area contributed by atoms with Crippen molar-refractivity contribution in [3.8, 4) is 0 Å². The van der Waals surface area contributed by atoms with Crippen LogP contribution in [0.5, 0.6) is 0 Å². The van der Waals surface area contributed by atoms with Crippen LogP contribution in [0.15, 0.2) is 29.2 Å². The van der Waals surface area contributed by atoms with E-state index in [0.717, 1.165) is 2.70 Å². The van der Waals surface area contributed by atoms with E-state index in [1.165, 1.54) is 16.0 Å². The summed E-state index contributed by atoms with van der Waals surface area (Å²) in [5.41, 5.74) is 2.54. The number of benzene rings is 1. The molecule has 0 bridgehead atoms. The topological polar surface area (TPSA) is 0 Å². The van der Waals surface area contributed by atoms with Gasteiger partial charge in [0, 0.05) is 0 Å². The van der Waals surface area contributed by atoms with Crippen molar-refractivity contribution in [2.75, 3.05) is 0 Å². The van der Waals surface area contributed by atoms with Crippen LogP contribution in [0.25, 0.3) is 12.2 Å². The summed E-state index contributed by atoms with van der Waals surface area (Å²) in [5.74, 6) is 0. The number of hydrogen-bond donors (Lipinski definition) is 0. The third-order valence-electron chi connectivity index (χ3n) is 1.99. The fourth-order valence-corrected chi connectivity index (χ4v) is 4.46. The van der Waals surface area contributed by atoms with Crippen LogP contribution < -0.4 is 0 Å². The van der Waals surface area contributed by atoms with Crippen molar-refractivity contribution in [3.05, 3.63) is 47.9 Å². The van der Waals surface area contributed by atoms with Gasteiger partial charge in [-0.2, -0.15) is 0 Å². The van der Waals surface area contributed by atoms with Gasteiger partial charge in [0.2, 0.25) is 0 Å². The molecule has 0 fully saturated rings. The number of hydrogen-bond acceptors (Lipinski definition) is 2. The zero-order valence-corrected chi connectivity index (χ0v) is 11.6. The molecule has 3 heteroatoms. The predicted molar refractivity (Wildman–Crippen MR) is 72.2 cm³/mol. The molecule has 0 aliphatic rings. The molecule has 2 rings (SSSR count). The summed E-state index contributed by atoms with van der Waals surface area (Å²) < 4.78 is 1.13. The molecule has 0 N–H and O–H groups in total. The Labute approximate surface area is 105 Å². The van der Waals surface area contributed by atoms with Crippen molar-refractivity contribution in [2.24, 2.45) is 0 Å². The van der Waals surface area contributed by atoms with E-state index in [1.807, 2.05) is 0 Å². The van der Waals surface area contributed by atoms with Gasteiger partial charge in [-0.25, -0.2) is 0 Å². The van der Waals surface area contributed by atoms with E-state index < -0.39 is 0 Å². The molecule has 1 heterocycles. The van der Waals surface area contributed by atoms with Crippen molar-refractivity contribution in [3.63, 3.8) is 0 Å². The zero-order chi connectivity index (χ0) is 10.7. The molecule has 0 radical (unpaired) electrons. The van der Waals surface area contributed by atoms with Crippen molar-refractivity contribution < 1.29 is 0 Å². The molecule has 0 amide bonds. The second-order valence-electron chi connectivity index (χ2n) is 3.23. The Kier molecular flexibility index (Phi) is 3.71. The van der Waals surface area contributed by atoms with Crippen LogP contribution >= 0.6 is 23.6 Å². The Morgan fingerprint density at radius 1 is 1.20 bits per heavy atom. The first-order valence-electron chi connectivity index (χ1n) is 4.57. The molecule has 0 unspecified atom stereocenters. The van der Waals surface area contributed by atoms with Crippen LogP contribution in [0.2, 0.25) is 0 Å². The molecule has 0 nitrogen and oxygen atoms in total. The van der Waals surface area contributed by atoms with Gasteiger partial charge in [0.25, 0.3) is 0 Å². The van der Waals surface area contributed by atoms with Crippen LogP contribution in [0.4, 0.5) is 0 Å². The Balaban J connectivity index is 2.18. The van der Waals surface area contributed by atoms with Gasteiger partial charge in [-0.1, -0.05) is 0 Å². The van der Waals surface area contributed by atoms with Crippen LogP contribution in [0, 0.1) is 9.62 Å². The summed E-state index contributed by atoms with van der Waals surface area (Å²) >= 11 is 7.29. The molecular weight excluding hydrogens is 287 g/mol. The minimum atomic E-state index is 0.424. The van der Waals surface area contributed by atoms with Gasteiger partial charge in [0.05, 0.1) is 0 Å². The Bertz CT molecular complexity index is 517. The normalized spacial score (nSPS) is 11.0. The average molecular weight is 297 g/mol. The van der Waals surface area contributed by atoms with Crippen molar-refractivity contribution in [1.29, 1.82) is 0 Å². The Hall–Kier alpha value is -0.471. The molecule has 0 saturated carbocycles. The van der Waals surface area contributed by atoms with Crippen molar-refractivity contribution in [1.82, 2.24) is 0 Å². The molecule has 0 aliphatic carbocycles. The summed E-state index contributed by atoms with van der Waals surface area (Å²) in [5, 5.41) is 0. The van der Waals surface area contributed by atoms with E-state index in [2.05, 4.69) is 48.3 Å². The van der Waals surface area contributed by atoms with E-state index in [1.54, 1.807) is 11.3 Å². The first kappa shape index (κ1) is 11.0. The standard InChI is InChI=1S/C12H10S2Se/c1-9-2-4-10(5-3-9)6-7-11-8-15-12(13)14-11/h2-8H,1H3/b7-6+. The summed E-state index contributed by atoms with van der Waals surface area (Å²) in [6.07, 6.45) is 4.29. The van der Waals surface area contributed by atoms with Crippen molar-refractivity contribution in [2.45, 2.75) is 6.92 Å². The molecule has 1 aromatic carbocycles. The third-order valence-corrected chi connectivity index (χ3v) is 5.94. The minimum absolute atomic E-state index is 0.424. The average Bonchev–Trinajstić information content (AvgIpc) is 2.64. The van der Waals surface area contributed by atoms with Gasteiger partial charge < -0.3 is 0 Å². The molecule has 0 atom stereocenters. The van der Waals surface area contributed by atoms with Crippen LogP contribution in [0.3, 0.4) is 0 Å². The second kappa shape index (κ2) is 5.04. The monoisotopic (exact) mass is 298 g/mol. The predicted octanol–water partition coefficient (Wildman–Crippen LogP) is 4.01. The molecule has 76 valence electrons. The van der Waals surface area contributed by atoms with Crippen molar-refractivity contribution >= 4 is 50.2 Å². The summed E-state index contributed by atoms with van der Waals surface area (Å²) in [6, 6.07) is 8.53. The molecule has 0 spiro atoms. The fourth-order valence-electron chi connectivity index (χ4n) is 1.18. The summed E-state index contributed by atoms with van der Waals surface area (Å²) in [7, 11) is 0. The van der Waals surface area contributed by atoms with Gasteiger partial charge in [-0.3, -0.25) is 0 Å². The summed E-state index contributed by atoms with van der Waals surface area (Å²) in [4.78, 5) is 3.53. The fraction of sp³-hybridized carbons (Fsp3) is 0.0833. The van der Waals surface area contributed by atoms with Crippen LogP contribution in [-0.2, 0) is 0 Å². The number of aryl methyl sites for hydroxylation is 1. The van der Waals surface area contributed by atoms with E-state index >= 15 is 0 Å². The van der Waals surface area contributed by atoms with E-state index in [0.29, 0.717) is 14.5 Å². The van der Waals surface area contributed by atoms with Gasteiger partial charge in [0.1, 0.15) is 0 Å².